The van der Waals surface area contributed by atoms with Crippen molar-refractivity contribution in [1.29, 1.82) is 5.26 Å². The second-order valence-corrected chi connectivity index (χ2v) is 3.66. The van der Waals surface area contributed by atoms with Crippen molar-refractivity contribution in [2.24, 2.45) is 0 Å². The molecule has 0 spiro atoms. The number of ether oxygens (including phenoxy) is 1. The third-order valence-electron chi connectivity index (χ3n) is 2.08. The van der Waals surface area contributed by atoms with Gasteiger partial charge in [0.2, 0.25) is 0 Å². The van der Waals surface area contributed by atoms with Gasteiger partial charge in [-0.05, 0) is 19.1 Å². The summed E-state index contributed by atoms with van der Waals surface area (Å²) in [6, 6.07) is 3.27. The van der Waals surface area contributed by atoms with Gasteiger partial charge in [0.15, 0.2) is 0 Å². The van der Waals surface area contributed by atoms with E-state index in [1.807, 2.05) is 0 Å². The molecule has 0 bridgehead atoms. The molecule has 0 N–H and O–H groups in total. The van der Waals surface area contributed by atoms with E-state index in [1.54, 1.807) is 6.07 Å². The number of benzene rings is 1. The van der Waals surface area contributed by atoms with Gasteiger partial charge in [0, 0.05) is 4.90 Å². The Morgan fingerprint density at radius 2 is 2.11 bits per heavy atom. The van der Waals surface area contributed by atoms with Gasteiger partial charge in [0.1, 0.15) is 6.07 Å². The number of nitrogens with zero attached hydrogens (tertiary/aromatic N) is 1. The molecular weight excluding hydrogens is 267 g/mol. The van der Waals surface area contributed by atoms with Crippen LogP contribution in [0.3, 0.4) is 0 Å². The van der Waals surface area contributed by atoms with Crippen LogP contribution in [0.15, 0.2) is 17.0 Å². The van der Waals surface area contributed by atoms with E-state index in [0.717, 1.165) is 6.07 Å². The molecule has 1 aromatic carbocycles. The van der Waals surface area contributed by atoms with Crippen LogP contribution in [-0.2, 0) is 10.9 Å². The van der Waals surface area contributed by atoms with Gasteiger partial charge in [-0.15, -0.1) is 12.6 Å². The number of hydrogen-bond acceptors (Lipinski definition) is 4. The number of carbonyl (C=O) groups excluding carboxylic acids is 1. The Balaban J connectivity index is 3.47. The molecule has 0 heterocycles. The summed E-state index contributed by atoms with van der Waals surface area (Å²) in [4.78, 5) is 10.9. The van der Waals surface area contributed by atoms with Gasteiger partial charge in [-0.2, -0.15) is 18.4 Å². The third kappa shape index (κ3) is 2.76. The first kappa shape index (κ1) is 14.4. The van der Waals surface area contributed by atoms with Gasteiger partial charge < -0.3 is 4.74 Å². The predicted molar refractivity (Wildman–Crippen MR) is 59.4 cm³/mol. The minimum absolute atomic E-state index is 0.00678. The largest absolute Gasteiger partial charge is 0.462 e. The zero-order chi connectivity index (χ0) is 13.9. The molecular formula is C11H8F3NO2S. The topological polar surface area (TPSA) is 50.1 Å². The summed E-state index contributed by atoms with van der Waals surface area (Å²) in [5.41, 5.74) is -1.74. The Bertz CT molecular complexity index is 520. The molecule has 0 saturated carbocycles. The molecule has 96 valence electrons. The Morgan fingerprint density at radius 1 is 1.50 bits per heavy atom. The SMILES string of the molecule is CCOC(=O)c1c(C#N)ccc(C(F)(F)F)c1S. The Morgan fingerprint density at radius 3 is 2.56 bits per heavy atom. The molecule has 0 fully saturated rings. The number of rotatable bonds is 2. The van der Waals surface area contributed by atoms with Crippen LogP contribution in [0.1, 0.15) is 28.4 Å². The number of carbonyl (C=O) groups is 1. The van der Waals surface area contributed by atoms with Gasteiger partial charge >= 0.3 is 12.1 Å². The second-order valence-electron chi connectivity index (χ2n) is 3.21. The third-order valence-corrected chi connectivity index (χ3v) is 2.55. The van der Waals surface area contributed by atoms with E-state index in [1.165, 1.54) is 6.92 Å². The first-order valence-electron chi connectivity index (χ1n) is 4.83. The molecule has 0 saturated heterocycles. The minimum Gasteiger partial charge on any atom is -0.462 e. The summed E-state index contributed by atoms with van der Waals surface area (Å²) in [5.74, 6) is -0.995. The van der Waals surface area contributed by atoms with E-state index in [2.05, 4.69) is 17.4 Å². The molecule has 0 amide bonds. The van der Waals surface area contributed by atoms with Crippen LogP contribution < -0.4 is 0 Å². The van der Waals surface area contributed by atoms with Gasteiger partial charge in [-0.3, -0.25) is 0 Å². The molecule has 3 nitrogen and oxygen atoms in total. The number of esters is 1. The molecule has 0 atom stereocenters. The van der Waals surface area contributed by atoms with E-state index in [4.69, 9.17) is 5.26 Å². The first-order chi connectivity index (χ1) is 8.32. The lowest BCUT2D eigenvalue weighted by atomic mass is 10.0. The standard InChI is InChI=1S/C11H8F3NO2S/c1-2-17-10(16)8-6(5-15)3-4-7(9(8)18)11(12,13)14/h3-4,18H,2H2,1H3. The van der Waals surface area contributed by atoms with Crippen LogP contribution in [0.5, 0.6) is 0 Å². The van der Waals surface area contributed by atoms with Crippen molar-refractivity contribution in [3.63, 3.8) is 0 Å². The molecule has 0 aliphatic rings. The highest BCUT2D eigenvalue weighted by Gasteiger charge is 2.35. The van der Waals surface area contributed by atoms with Gasteiger partial charge in [-0.1, -0.05) is 0 Å². The monoisotopic (exact) mass is 275 g/mol. The second kappa shape index (κ2) is 5.31. The van der Waals surface area contributed by atoms with E-state index >= 15 is 0 Å². The fraction of sp³-hybridized carbons (Fsp3) is 0.273. The summed E-state index contributed by atoms with van der Waals surface area (Å²) < 4.78 is 42.5. The normalized spacial score (nSPS) is 10.9. The fourth-order valence-electron chi connectivity index (χ4n) is 1.32. The molecule has 0 radical (unpaired) electrons. The lowest BCUT2D eigenvalue weighted by Crippen LogP contribution is -2.13. The fourth-order valence-corrected chi connectivity index (χ4v) is 1.74. The molecule has 1 aromatic rings. The average molecular weight is 275 g/mol. The highest BCUT2D eigenvalue weighted by molar-refractivity contribution is 7.80. The average Bonchev–Trinajstić information content (AvgIpc) is 2.26. The lowest BCUT2D eigenvalue weighted by Gasteiger charge is -2.13. The molecule has 7 heteroatoms. The van der Waals surface area contributed by atoms with Crippen LogP contribution in [-0.4, -0.2) is 12.6 Å². The highest BCUT2D eigenvalue weighted by Crippen LogP contribution is 2.36. The smallest absolute Gasteiger partial charge is 0.417 e. The minimum atomic E-state index is -4.65. The predicted octanol–water partition coefficient (Wildman–Crippen LogP) is 3.04. The number of nitriles is 1. The maximum Gasteiger partial charge on any atom is 0.417 e. The number of halogens is 3. The first-order valence-corrected chi connectivity index (χ1v) is 5.28. The van der Waals surface area contributed by atoms with Crippen molar-refractivity contribution in [1.82, 2.24) is 0 Å². The zero-order valence-corrected chi connectivity index (χ0v) is 10.1. The van der Waals surface area contributed by atoms with Crippen LogP contribution in [0.4, 0.5) is 13.2 Å². The van der Waals surface area contributed by atoms with Crippen molar-refractivity contribution < 1.29 is 22.7 Å². The molecule has 0 aliphatic carbocycles. The Hall–Kier alpha value is -1.68. The molecule has 0 aromatic heterocycles. The summed E-state index contributed by atoms with van der Waals surface area (Å²) in [6.45, 7) is 1.50. The van der Waals surface area contributed by atoms with Crippen LogP contribution in [0.25, 0.3) is 0 Å². The highest BCUT2D eigenvalue weighted by atomic mass is 32.1. The number of thiol groups is 1. The van der Waals surface area contributed by atoms with E-state index in [9.17, 15) is 18.0 Å². The number of hydrogen-bond donors (Lipinski definition) is 1. The summed E-state index contributed by atoms with van der Waals surface area (Å²) >= 11 is 3.69. The van der Waals surface area contributed by atoms with Gasteiger partial charge in [0.05, 0.1) is 23.3 Å². The van der Waals surface area contributed by atoms with Crippen LogP contribution in [0.2, 0.25) is 0 Å². The molecule has 0 aliphatic heterocycles. The van der Waals surface area contributed by atoms with Crippen molar-refractivity contribution >= 4 is 18.6 Å². The molecule has 1 rings (SSSR count). The number of alkyl halides is 3. The summed E-state index contributed by atoms with van der Waals surface area (Å²) in [6.07, 6.45) is -4.65. The van der Waals surface area contributed by atoms with Crippen LogP contribution in [0, 0.1) is 11.3 Å². The van der Waals surface area contributed by atoms with Gasteiger partial charge in [0.25, 0.3) is 0 Å². The van der Waals surface area contributed by atoms with Gasteiger partial charge in [-0.25, -0.2) is 4.79 Å². The zero-order valence-electron chi connectivity index (χ0n) is 9.21. The maximum absolute atomic E-state index is 12.6. The molecule has 18 heavy (non-hydrogen) atoms. The van der Waals surface area contributed by atoms with E-state index in [0.29, 0.717) is 6.07 Å². The summed E-state index contributed by atoms with van der Waals surface area (Å²) in [5, 5.41) is 8.78. The van der Waals surface area contributed by atoms with Crippen LogP contribution >= 0.6 is 12.6 Å². The maximum atomic E-state index is 12.6. The molecule has 0 unspecified atom stereocenters. The van der Waals surface area contributed by atoms with Crippen molar-refractivity contribution in [3.8, 4) is 6.07 Å². The Kier molecular flexibility index (Phi) is 4.24. The van der Waals surface area contributed by atoms with Crippen molar-refractivity contribution in [2.45, 2.75) is 18.0 Å². The van der Waals surface area contributed by atoms with E-state index < -0.39 is 28.2 Å². The van der Waals surface area contributed by atoms with E-state index in [-0.39, 0.29) is 12.2 Å². The quantitative estimate of drug-likeness (QED) is 0.666. The Labute approximate surface area is 107 Å². The summed E-state index contributed by atoms with van der Waals surface area (Å²) in [7, 11) is 0. The van der Waals surface area contributed by atoms with Crippen molar-refractivity contribution in [2.75, 3.05) is 6.61 Å². The lowest BCUT2D eigenvalue weighted by molar-refractivity contribution is -0.139. The van der Waals surface area contributed by atoms with Crippen molar-refractivity contribution in [3.05, 3.63) is 28.8 Å².